The van der Waals surface area contributed by atoms with E-state index in [-0.39, 0.29) is 0 Å². The molecule has 1 saturated heterocycles. The number of hydrogen-bond acceptors (Lipinski definition) is 3. The van der Waals surface area contributed by atoms with Crippen LogP contribution >= 0.6 is 0 Å². The third-order valence-electron chi connectivity index (χ3n) is 3.44. The van der Waals surface area contributed by atoms with Gasteiger partial charge >= 0.3 is 0 Å². The largest absolute Gasteiger partial charge is 0.493 e. The highest BCUT2D eigenvalue weighted by Crippen LogP contribution is 2.40. The van der Waals surface area contributed by atoms with Crippen LogP contribution in [0.2, 0.25) is 0 Å². The van der Waals surface area contributed by atoms with Gasteiger partial charge in [0.05, 0.1) is 13.2 Å². The van der Waals surface area contributed by atoms with Gasteiger partial charge in [0.15, 0.2) is 0 Å². The molecule has 0 bridgehead atoms. The third-order valence-corrected chi connectivity index (χ3v) is 3.44. The first-order chi connectivity index (χ1) is 7.80. The lowest BCUT2D eigenvalue weighted by Crippen LogP contribution is -2.36. The minimum atomic E-state index is -0.853. The highest BCUT2D eigenvalue weighted by Gasteiger charge is 2.36. The summed E-state index contributed by atoms with van der Waals surface area (Å²) >= 11 is 0. The number of rotatable bonds is 1. The van der Waals surface area contributed by atoms with Gasteiger partial charge in [-0.15, -0.1) is 0 Å². The Kier molecular flexibility index (Phi) is 2.37. The van der Waals surface area contributed by atoms with E-state index in [0.717, 1.165) is 43.8 Å². The lowest BCUT2D eigenvalue weighted by atomic mass is 9.87. The van der Waals surface area contributed by atoms with E-state index in [0.29, 0.717) is 6.61 Å². The standard InChI is InChI=1S/C13H16O3/c14-13(6-2-7-15-9-13)11-4-1-3-10-5-8-16-12(10)11/h1,3-4,14H,2,5-9H2. The number of para-hydroxylation sites is 1. The molecule has 0 spiro atoms. The lowest BCUT2D eigenvalue weighted by Gasteiger charge is -2.33. The van der Waals surface area contributed by atoms with Crippen molar-refractivity contribution in [2.24, 2.45) is 0 Å². The van der Waals surface area contributed by atoms with Crippen LogP contribution in [0.1, 0.15) is 24.0 Å². The summed E-state index contributed by atoms with van der Waals surface area (Å²) in [7, 11) is 0. The van der Waals surface area contributed by atoms with E-state index in [4.69, 9.17) is 9.47 Å². The second kappa shape index (κ2) is 3.75. The van der Waals surface area contributed by atoms with Gasteiger partial charge in [-0.05, 0) is 18.4 Å². The fourth-order valence-corrected chi connectivity index (χ4v) is 2.57. The topological polar surface area (TPSA) is 38.7 Å². The maximum Gasteiger partial charge on any atom is 0.128 e. The molecule has 3 heteroatoms. The van der Waals surface area contributed by atoms with Crippen molar-refractivity contribution in [2.45, 2.75) is 24.9 Å². The summed E-state index contributed by atoms with van der Waals surface area (Å²) in [6.45, 7) is 1.86. The van der Waals surface area contributed by atoms with Crippen LogP contribution in [0, 0.1) is 0 Å². The van der Waals surface area contributed by atoms with Gasteiger partial charge in [-0.25, -0.2) is 0 Å². The zero-order valence-electron chi connectivity index (χ0n) is 9.24. The fraction of sp³-hybridized carbons (Fsp3) is 0.538. The van der Waals surface area contributed by atoms with Crippen LogP contribution in [-0.4, -0.2) is 24.9 Å². The Bertz CT molecular complexity index is 394. The van der Waals surface area contributed by atoms with Gasteiger partial charge in [0.1, 0.15) is 11.4 Å². The number of aliphatic hydroxyl groups is 1. The van der Waals surface area contributed by atoms with Gasteiger partial charge in [0, 0.05) is 18.6 Å². The Morgan fingerprint density at radius 2 is 2.19 bits per heavy atom. The highest BCUT2D eigenvalue weighted by atomic mass is 16.5. The monoisotopic (exact) mass is 220 g/mol. The second-order valence-electron chi connectivity index (χ2n) is 4.58. The van der Waals surface area contributed by atoms with E-state index < -0.39 is 5.60 Å². The summed E-state index contributed by atoms with van der Waals surface area (Å²) in [5, 5.41) is 10.6. The maximum absolute atomic E-state index is 10.6. The molecule has 0 aromatic heterocycles. The molecule has 1 fully saturated rings. The molecule has 86 valence electrons. The smallest absolute Gasteiger partial charge is 0.128 e. The third kappa shape index (κ3) is 1.51. The summed E-state index contributed by atoms with van der Waals surface area (Å²) < 4.78 is 11.0. The lowest BCUT2D eigenvalue weighted by molar-refractivity contribution is -0.0912. The van der Waals surface area contributed by atoms with Crippen LogP contribution in [0.15, 0.2) is 18.2 Å². The van der Waals surface area contributed by atoms with Crippen LogP contribution in [0.4, 0.5) is 0 Å². The number of benzene rings is 1. The molecular formula is C13H16O3. The normalized spacial score (nSPS) is 28.6. The van der Waals surface area contributed by atoms with E-state index in [1.54, 1.807) is 0 Å². The Labute approximate surface area is 95.0 Å². The highest BCUT2D eigenvalue weighted by molar-refractivity contribution is 5.47. The molecule has 0 radical (unpaired) electrons. The quantitative estimate of drug-likeness (QED) is 0.781. The second-order valence-corrected chi connectivity index (χ2v) is 4.58. The Hall–Kier alpha value is -1.06. The molecule has 0 amide bonds. The SMILES string of the molecule is OC1(c2cccc3c2OCC3)CCCOC1. The number of hydrogen-bond donors (Lipinski definition) is 1. The molecule has 2 heterocycles. The molecule has 0 aliphatic carbocycles. The van der Waals surface area contributed by atoms with Crippen molar-refractivity contribution in [2.75, 3.05) is 19.8 Å². The molecule has 1 aromatic carbocycles. The minimum Gasteiger partial charge on any atom is -0.493 e. The fourth-order valence-electron chi connectivity index (χ4n) is 2.57. The molecule has 2 aliphatic rings. The van der Waals surface area contributed by atoms with E-state index in [9.17, 15) is 5.11 Å². The van der Waals surface area contributed by atoms with Crippen LogP contribution in [0.5, 0.6) is 5.75 Å². The molecule has 1 aromatic rings. The van der Waals surface area contributed by atoms with Gasteiger partial charge in [0.2, 0.25) is 0 Å². The van der Waals surface area contributed by atoms with Gasteiger partial charge in [0.25, 0.3) is 0 Å². The number of ether oxygens (including phenoxy) is 2. The first-order valence-corrected chi connectivity index (χ1v) is 5.85. The van der Waals surface area contributed by atoms with Crippen LogP contribution in [0.25, 0.3) is 0 Å². The van der Waals surface area contributed by atoms with Crippen molar-refractivity contribution < 1.29 is 14.6 Å². The van der Waals surface area contributed by atoms with Crippen LogP contribution < -0.4 is 4.74 Å². The summed E-state index contributed by atoms with van der Waals surface area (Å²) in [6, 6.07) is 6.02. The molecule has 3 rings (SSSR count). The van der Waals surface area contributed by atoms with Crippen molar-refractivity contribution in [3.8, 4) is 5.75 Å². The predicted octanol–water partition coefficient (Wildman–Crippen LogP) is 1.62. The molecule has 2 aliphatic heterocycles. The molecule has 1 unspecified atom stereocenters. The van der Waals surface area contributed by atoms with E-state index in [1.807, 2.05) is 12.1 Å². The Morgan fingerprint density at radius 1 is 1.25 bits per heavy atom. The first kappa shape index (κ1) is 10.1. The maximum atomic E-state index is 10.6. The van der Waals surface area contributed by atoms with Crippen LogP contribution in [-0.2, 0) is 16.8 Å². The minimum absolute atomic E-state index is 0.382. The zero-order chi connectivity index (χ0) is 11.0. The summed E-state index contributed by atoms with van der Waals surface area (Å²) in [6.07, 6.45) is 2.60. The van der Waals surface area contributed by atoms with Gasteiger partial charge in [-0.3, -0.25) is 0 Å². The molecule has 1 atom stereocenters. The molecule has 16 heavy (non-hydrogen) atoms. The Morgan fingerprint density at radius 3 is 3.00 bits per heavy atom. The van der Waals surface area contributed by atoms with Gasteiger partial charge in [-0.1, -0.05) is 18.2 Å². The van der Waals surface area contributed by atoms with Crippen molar-refractivity contribution in [3.63, 3.8) is 0 Å². The van der Waals surface area contributed by atoms with E-state index >= 15 is 0 Å². The van der Waals surface area contributed by atoms with Crippen molar-refractivity contribution in [1.82, 2.24) is 0 Å². The predicted molar refractivity (Wildman–Crippen MR) is 59.6 cm³/mol. The average Bonchev–Trinajstić information content (AvgIpc) is 2.77. The molecular weight excluding hydrogens is 204 g/mol. The van der Waals surface area contributed by atoms with Gasteiger partial charge in [-0.2, -0.15) is 0 Å². The van der Waals surface area contributed by atoms with Crippen LogP contribution in [0.3, 0.4) is 0 Å². The Balaban J connectivity index is 2.02. The molecule has 3 nitrogen and oxygen atoms in total. The van der Waals surface area contributed by atoms with Crippen molar-refractivity contribution in [3.05, 3.63) is 29.3 Å². The van der Waals surface area contributed by atoms with Gasteiger partial charge < -0.3 is 14.6 Å². The molecule has 1 N–H and O–H groups in total. The summed E-state index contributed by atoms with van der Waals surface area (Å²) in [5.74, 6) is 0.885. The average molecular weight is 220 g/mol. The van der Waals surface area contributed by atoms with Crippen molar-refractivity contribution in [1.29, 1.82) is 0 Å². The van der Waals surface area contributed by atoms with Crippen molar-refractivity contribution >= 4 is 0 Å². The zero-order valence-corrected chi connectivity index (χ0v) is 9.24. The number of fused-ring (bicyclic) bond motifs is 1. The van der Waals surface area contributed by atoms with E-state index in [1.165, 1.54) is 5.56 Å². The summed E-state index contributed by atoms with van der Waals surface area (Å²) in [4.78, 5) is 0. The first-order valence-electron chi connectivity index (χ1n) is 5.85. The molecule has 0 saturated carbocycles. The van der Waals surface area contributed by atoms with E-state index in [2.05, 4.69) is 6.07 Å². The summed E-state index contributed by atoms with van der Waals surface area (Å²) in [5.41, 5.74) is 1.26.